The molecule has 0 aliphatic heterocycles. The Hall–Kier alpha value is -3.84. The first-order valence-electron chi connectivity index (χ1n) is 15.4. The Morgan fingerprint density at radius 2 is 1.80 bits per heavy atom. The van der Waals surface area contributed by atoms with Gasteiger partial charge in [0.2, 0.25) is 0 Å². The topological polar surface area (TPSA) is 85.0 Å². The standard InChI is InChI=1S/C38H48N4O2/c1-21-14-15-30(28-13-11-12-27(18-28)26(6)40-16-17-41(7)8)31-19-29-20-32-36(42(9)10)37(43)35(25(5)39)24(4)38(32,44)23(3)34(29)22(2)33(21)31/h11-15,18,29,32,36,40,43-44H,2,4-6,16-17,19-20,39H2,1,3,7-10H3/t29?,32?,36-,38+/m1/s1. The van der Waals surface area contributed by atoms with Crippen molar-refractivity contribution in [2.45, 2.75) is 38.3 Å². The summed E-state index contributed by atoms with van der Waals surface area (Å²) in [5, 5.41) is 27.5. The molecule has 44 heavy (non-hydrogen) atoms. The molecular weight excluding hydrogens is 544 g/mol. The van der Waals surface area contributed by atoms with Crippen molar-refractivity contribution >= 4 is 11.3 Å². The molecule has 0 radical (unpaired) electrons. The summed E-state index contributed by atoms with van der Waals surface area (Å²) in [4.78, 5) is 4.11. The second-order valence-corrected chi connectivity index (χ2v) is 13.3. The van der Waals surface area contributed by atoms with E-state index in [1.54, 1.807) is 0 Å². The van der Waals surface area contributed by atoms with Gasteiger partial charge in [0.15, 0.2) is 0 Å². The zero-order valence-electron chi connectivity index (χ0n) is 27.2. The van der Waals surface area contributed by atoms with Crippen LogP contribution >= 0.6 is 0 Å². The Morgan fingerprint density at radius 3 is 2.43 bits per heavy atom. The highest BCUT2D eigenvalue weighted by Crippen LogP contribution is 2.58. The van der Waals surface area contributed by atoms with E-state index in [1.165, 1.54) is 11.1 Å². The molecule has 3 aliphatic carbocycles. The average molecular weight is 593 g/mol. The second-order valence-electron chi connectivity index (χ2n) is 13.3. The summed E-state index contributed by atoms with van der Waals surface area (Å²) in [7, 11) is 7.97. The van der Waals surface area contributed by atoms with Gasteiger partial charge in [0.25, 0.3) is 0 Å². The average Bonchev–Trinajstić information content (AvgIpc) is 2.94. The highest BCUT2D eigenvalue weighted by molar-refractivity contribution is 5.89. The fourth-order valence-electron chi connectivity index (χ4n) is 7.95. The van der Waals surface area contributed by atoms with Crippen LogP contribution in [0.1, 0.15) is 35.6 Å². The van der Waals surface area contributed by atoms with Crippen molar-refractivity contribution in [3.63, 3.8) is 0 Å². The summed E-state index contributed by atoms with van der Waals surface area (Å²) in [6, 6.07) is 12.5. The molecule has 0 saturated carbocycles. The minimum absolute atomic E-state index is 0.123. The molecule has 232 valence electrons. The molecule has 2 aromatic carbocycles. The van der Waals surface area contributed by atoms with Crippen LogP contribution in [0.3, 0.4) is 0 Å². The fraction of sp³-hybridized carbons (Fsp3) is 0.368. The van der Waals surface area contributed by atoms with Gasteiger partial charge in [-0.2, -0.15) is 0 Å². The number of fused-ring (bicyclic) bond motifs is 3. The molecule has 3 aliphatic rings. The van der Waals surface area contributed by atoms with Gasteiger partial charge in [-0.1, -0.05) is 56.6 Å². The number of nitrogens with one attached hydrogen (secondary N) is 1. The first kappa shape index (κ1) is 31.6. The third-order valence-electron chi connectivity index (χ3n) is 10.0. The minimum atomic E-state index is -1.38. The number of hydrogen-bond donors (Lipinski definition) is 4. The van der Waals surface area contributed by atoms with E-state index < -0.39 is 11.6 Å². The van der Waals surface area contributed by atoms with Crippen LogP contribution in [0.5, 0.6) is 0 Å². The minimum Gasteiger partial charge on any atom is -0.510 e. The van der Waals surface area contributed by atoms with Crippen LogP contribution in [-0.2, 0) is 6.42 Å². The van der Waals surface area contributed by atoms with Gasteiger partial charge in [-0.05, 0) is 123 Å². The molecule has 0 amide bonds. The van der Waals surface area contributed by atoms with Crippen LogP contribution in [0, 0.1) is 18.8 Å². The summed E-state index contributed by atoms with van der Waals surface area (Å²) >= 11 is 0. The molecular formula is C38H48N4O2. The maximum absolute atomic E-state index is 12.6. The normalized spacial score (nSPS) is 24.8. The number of hydrogen-bond acceptors (Lipinski definition) is 6. The first-order valence-corrected chi connectivity index (χ1v) is 15.4. The molecule has 2 unspecified atom stereocenters. The van der Waals surface area contributed by atoms with E-state index in [4.69, 9.17) is 5.73 Å². The van der Waals surface area contributed by atoms with Crippen molar-refractivity contribution in [2.75, 3.05) is 41.3 Å². The second kappa shape index (κ2) is 11.6. The van der Waals surface area contributed by atoms with Crippen LogP contribution < -0.4 is 11.1 Å². The third kappa shape index (κ3) is 4.95. The van der Waals surface area contributed by atoms with Crippen LogP contribution in [0.25, 0.3) is 22.4 Å². The van der Waals surface area contributed by atoms with E-state index in [2.05, 4.69) is 93.9 Å². The number of aliphatic hydroxyl groups is 2. The lowest BCUT2D eigenvalue weighted by molar-refractivity contribution is -0.0178. The van der Waals surface area contributed by atoms with Gasteiger partial charge in [-0.15, -0.1) is 0 Å². The molecule has 0 spiro atoms. The Bertz CT molecular complexity index is 1640. The van der Waals surface area contributed by atoms with Crippen LogP contribution in [0.2, 0.25) is 0 Å². The quantitative estimate of drug-likeness (QED) is 0.309. The number of nitrogens with two attached hydrogens (primary N) is 1. The molecule has 4 atom stereocenters. The van der Waals surface area contributed by atoms with Crippen molar-refractivity contribution < 1.29 is 10.2 Å². The molecule has 0 bridgehead atoms. The summed E-state index contributed by atoms with van der Waals surface area (Å²) in [6.45, 7) is 23.0. The van der Waals surface area contributed by atoms with Crippen molar-refractivity contribution in [3.8, 4) is 11.1 Å². The predicted octanol–water partition coefficient (Wildman–Crippen LogP) is 5.82. The Balaban J connectivity index is 1.60. The maximum atomic E-state index is 12.6. The lowest BCUT2D eigenvalue weighted by Crippen LogP contribution is -2.58. The molecule has 5 N–H and O–H groups in total. The van der Waals surface area contributed by atoms with Crippen LogP contribution in [0.15, 0.2) is 96.5 Å². The molecule has 6 nitrogen and oxygen atoms in total. The van der Waals surface area contributed by atoms with Crippen molar-refractivity contribution in [1.29, 1.82) is 0 Å². The van der Waals surface area contributed by atoms with Gasteiger partial charge in [-0.3, -0.25) is 4.90 Å². The molecule has 5 rings (SSSR count). The van der Waals surface area contributed by atoms with Crippen LogP contribution in [-0.4, -0.2) is 72.9 Å². The number of likely N-dealkylation sites (N-methyl/N-ethyl adjacent to an activating group) is 2. The van der Waals surface area contributed by atoms with E-state index in [0.29, 0.717) is 17.6 Å². The van der Waals surface area contributed by atoms with E-state index in [1.807, 2.05) is 25.9 Å². The monoisotopic (exact) mass is 592 g/mol. The smallest absolute Gasteiger partial charge is 0.119 e. The Kier molecular flexibility index (Phi) is 8.31. The summed E-state index contributed by atoms with van der Waals surface area (Å²) < 4.78 is 0. The number of aliphatic hydroxyl groups excluding tert-OH is 1. The lowest BCUT2D eigenvalue weighted by Gasteiger charge is -2.54. The third-order valence-corrected chi connectivity index (χ3v) is 10.0. The number of aryl methyl sites for hydroxylation is 1. The van der Waals surface area contributed by atoms with Crippen LogP contribution in [0.4, 0.5) is 0 Å². The Labute approximate surface area is 263 Å². The molecule has 6 heteroatoms. The van der Waals surface area contributed by atoms with Gasteiger partial charge >= 0.3 is 0 Å². The number of allylic oxidation sites excluding steroid dienone is 3. The molecule has 0 saturated heterocycles. The van der Waals surface area contributed by atoms with Crippen molar-refractivity contribution in [2.24, 2.45) is 17.6 Å². The zero-order valence-corrected chi connectivity index (χ0v) is 27.2. The van der Waals surface area contributed by atoms with Gasteiger partial charge in [-0.25, -0.2) is 0 Å². The van der Waals surface area contributed by atoms with E-state index in [0.717, 1.165) is 64.2 Å². The van der Waals surface area contributed by atoms with E-state index in [9.17, 15) is 10.2 Å². The molecule has 2 aromatic rings. The molecule has 0 fully saturated rings. The summed E-state index contributed by atoms with van der Waals surface area (Å²) in [5.41, 5.74) is 16.5. The maximum Gasteiger partial charge on any atom is 0.119 e. The predicted molar refractivity (Wildman–Crippen MR) is 184 cm³/mol. The van der Waals surface area contributed by atoms with Crippen molar-refractivity contribution in [1.82, 2.24) is 15.1 Å². The highest BCUT2D eigenvalue weighted by atomic mass is 16.3. The molecule has 0 heterocycles. The van der Waals surface area contributed by atoms with Gasteiger partial charge in [0.05, 0.1) is 6.04 Å². The lowest BCUT2D eigenvalue weighted by atomic mass is 9.55. The van der Waals surface area contributed by atoms with Gasteiger partial charge in [0, 0.05) is 36.0 Å². The SMILES string of the molecule is C=C(N)C1=C(O)[C@H](N(C)C)C2CC3Cc4c(-c5cccc(C(=C)NCCN(C)C)c5)ccc(C)c4C(=C)C3=C(C)[C@]2(O)C1=C. The highest BCUT2D eigenvalue weighted by Gasteiger charge is 2.57. The van der Waals surface area contributed by atoms with E-state index >= 15 is 0 Å². The van der Waals surface area contributed by atoms with Crippen molar-refractivity contribution in [3.05, 3.63) is 119 Å². The zero-order chi connectivity index (χ0) is 32.2. The largest absolute Gasteiger partial charge is 0.510 e. The number of nitrogens with zero attached hydrogens (tertiary/aromatic N) is 2. The van der Waals surface area contributed by atoms with Gasteiger partial charge in [0.1, 0.15) is 11.4 Å². The summed E-state index contributed by atoms with van der Waals surface area (Å²) in [6.07, 6.45) is 1.47. The Morgan fingerprint density at radius 1 is 1.09 bits per heavy atom. The fourth-order valence-corrected chi connectivity index (χ4v) is 7.95. The number of benzene rings is 2. The first-order chi connectivity index (χ1) is 20.7. The molecule has 0 aromatic heterocycles. The van der Waals surface area contributed by atoms with Gasteiger partial charge < -0.3 is 26.2 Å². The number of rotatable bonds is 8. The van der Waals surface area contributed by atoms with E-state index in [-0.39, 0.29) is 23.3 Å². The summed E-state index contributed by atoms with van der Waals surface area (Å²) in [5.74, 6) is -0.0667.